The molecule has 1 aromatic rings. The van der Waals surface area contributed by atoms with Crippen molar-refractivity contribution < 1.29 is 14.3 Å². The van der Waals surface area contributed by atoms with E-state index in [-0.39, 0.29) is 18.3 Å². The van der Waals surface area contributed by atoms with Gasteiger partial charge in [-0.15, -0.1) is 12.4 Å². The predicted molar refractivity (Wildman–Crippen MR) is 72.7 cm³/mol. The average molecular weight is 275 g/mol. The molecule has 0 radical (unpaired) electrons. The van der Waals surface area contributed by atoms with Gasteiger partial charge < -0.3 is 20.1 Å². The summed E-state index contributed by atoms with van der Waals surface area (Å²) in [6.45, 7) is 1.26. The van der Waals surface area contributed by atoms with Gasteiger partial charge in [-0.3, -0.25) is 4.79 Å². The molecule has 0 atom stereocenters. The van der Waals surface area contributed by atoms with Crippen molar-refractivity contribution in [2.45, 2.75) is 0 Å². The molecule has 0 aliphatic carbocycles. The zero-order valence-electron chi connectivity index (χ0n) is 10.6. The molecule has 0 saturated carbocycles. The average Bonchev–Trinajstić information content (AvgIpc) is 2.36. The standard InChI is InChI=1S/C12H18N2O3.ClH/c1-13-9-12(15)14-7-8-17-11-5-3-10(16-2)4-6-11;/h3-6,13H,7-9H2,1-2H3,(H,14,15);1H. The fourth-order valence-corrected chi connectivity index (χ4v) is 1.25. The second-order valence-corrected chi connectivity index (χ2v) is 3.40. The number of rotatable bonds is 7. The number of benzene rings is 1. The Bertz CT molecular complexity index is 344. The summed E-state index contributed by atoms with van der Waals surface area (Å²) in [6, 6.07) is 7.31. The highest BCUT2D eigenvalue weighted by Crippen LogP contribution is 2.16. The molecule has 0 aliphatic rings. The summed E-state index contributed by atoms with van der Waals surface area (Å²) in [4.78, 5) is 11.1. The number of hydrogen-bond donors (Lipinski definition) is 2. The fourth-order valence-electron chi connectivity index (χ4n) is 1.25. The van der Waals surface area contributed by atoms with Crippen LogP contribution < -0.4 is 20.1 Å². The van der Waals surface area contributed by atoms with Crippen LogP contribution in [0.5, 0.6) is 11.5 Å². The van der Waals surface area contributed by atoms with Gasteiger partial charge in [0.15, 0.2) is 0 Å². The van der Waals surface area contributed by atoms with Gasteiger partial charge in [-0.1, -0.05) is 0 Å². The van der Waals surface area contributed by atoms with Gasteiger partial charge in [0.1, 0.15) is 18.1 Å². The van der Waals surface area contributed by atoms with E-state index in [4.69, 9.17) is 9.47 Å². The Hall–Kier alpha value is -1.46. The molecule has 2 N–H and O–H groups in total. The second-order valence-electron chi connectivity index (χ2n) is 3.40. The third kappa shape index (κ3) is 6.32. The van der Waals surface area contributed by atoms with Gasteiger partial charge in [-0.2, -0.15) is 0 Å². The first-order chi connectivity index (χ1) is 8.26. The van der Waals surface area contributed by atoms with Crippen LogP contribution >= 0.6 is 12.4 Å². The largest absolute Gasteiger partial charge is 0.497 e. The Labute approximate surface area is 113 Å². The number of hydrogen-bond acceptors (Lipinski definition) is 4. The van der Waals surface area contributed by atoms with Gasteiger partial charge >= 0.3 is 0 Å². The van der Waals surface area contributed by atoms with Gasteiger partial charge in [-0.05, 0) is 31.3 Å². The number of amides is 1. The van der Waals surface area contributed by atoms with Crippen molar-refractivity contribution in [1.82, 2.24) is 10.6 Å². The van der Waals surface area contributed by atoms with E-state index in [1.165, 1.54) is 0 Å². The summed E-state index contributed by atoms with van der Waals surface area (Å²) < 4.78 is 10.5. The van der Waals surface area contributed by atoms with E-state index in [0.717, 1.165) is 11.5 Å². The molecule has 0 fully saturated rings. The lowest BCUT2D eigenvalue weighted by Gasteiger charge is -2.08. The topological polar surface area (TPSA) is 59.6 Å². The smallest absolute Gasteiger partial charge is 0.234 e. The molecule has 5 nitrogen and oxygen atoms in total. The third-order valence-corrected chi connectivity index (χ3v) is 2.09. The molecule has 0 spiro atoms. The molecule has 0 heterocycles. The SMILES string of the molecule is CNCC(=O)NCCOc1ccc(OC)cc1.Cl. The van der Waals surface area contributed by atoms with Crippen LogP contribution in [0.25, 0.3) is 0 Å². The van der Waals surface area contributed by atoms with Gasteiger partial charge in [-0.25, -0.2) is 0 Å². The van der Waals surface area contributed by atoms with E-state index >= 15 is 0 Å². The summed E-state index contributed by atoms with van der Waals surface area (Å²) in [5, 5.41) is 5.50. The predicted octanol–water partition coefficient (Wildman–Crippen LogP) is 0.831. The van der Waals surface area contributed by atoms with E-state index in [1.54, 1.807) is 14.2 Å². The van der Waals surface area contributed by atoms with Crippen LogP contribution in [0, 0.1) is 0 Å². The third-order valence-electron chi connectivity index (χ3n) is 2.09. The van der Waals surface area contributed by atoms with Gasteiger partial charge in [0.2, 0.25) is 5.91 Å². The second kappa shape index (κ2) is 9.56. The van der Waals surface area contributed by atoms with E-state index in [2.05, 4.69) is 10.6 Å². The van der Waals surface area contributed by atoms with Gasteiger partial charge in [0, 0.05) is 0 Å². The molecule has 18 heavy (non-hydrogen) atoms. The molecule has 0 saturated heterocycles. The lowest BCUT2D eigenvalue weighted by Crippen LogP contribution is -2.34. The number of nitrogens with one attached hydrogen (secondary N) is 2. The van der Waals surface area contributed by atoms with Gasteiger partial charge in [0.25, 0.3) is 0 Å². The molecule has 102 valence electrons. The van der Waals surface area contributed by atoms with Crippen LogP contribution in [-0.4, -0.2) is 39.8 Å². The van der Waals surface area contributed by atoms with E-state index < -0.39 is 0 Å². The first kappa shape index (κ1) is 16.5. The zero-order valence-corrected chi connectivity index (χ0v) is 11.4. The van der Waals surface area contributed by atoms with Crippen molar-refractivity contribution in [3.8, 4) is 11.5 Å². The summed E-state index contributed by atoms with van der Waals surface area (Å²) in [7, 11) is 3.35. The summed E-state index contributed by atoms with van der Waals surface area (Å²) in [5.41, 5.74) is 0. The summed E-state index contributed by atoms with van der Waals surface area (Å²) in [5.74, 6) is 1.51. The molecule has 1 rings (SSSR count). The Kier molecular flexibility index (Phi) is 8.78. The number of ether oxygens (including phenoxy) is 2. The van der Waals surface area contributed by atoms with E-state index in [9.17, 15) is 4.79 Å². The van der Waals surface area contributed by atoms with Crippen LogP contribution in [0.1, 0.15) is 0 Å². The van der Waals surface area contributed by atoms with Crippen molar-refractivity contribution in [2.75, 3.05) is 33.9 Å². The lowest BCUT2D eigenvalue weighted by molar-refractivity contribution is -0.120. The maximum atomic E-state index is 11.1. The number of carbonyl (C=O) groups excluding carboxylic acids is 1. The van der Waals surface area contributed by atoms with Crippen LogP contribution in [0.3, 0.4) is 0 Å². The molecular weight excluding hydrogens is 256 g/mol. The Morgan fingerprint density at radius 3 is 2.39 bits per heavy atom. The Balaban J connectivity index is 0.00000289. The molecular formula is C12H19ClN2O3. The van der Waals surface area contributed by atoms with Gasteiger partial charge in [0.05, 0.1) is 20.2 Å². The summed E-state index contributed by atoms with van der Waals surface area (Å²) in [6.07, 6.45) is 0. The Morgan fingerprint density at radius 2 is 1.83 bits per heavy atom. The van der Waals surface area contributed by atoms with Crippen molar-refractivity contribution in [3.63, 3.8) is 0 Å². The van der Waals surface area contributed by atoms with Crippen LogP contribution in [-0.2, 0) is 4.79 Å². The quantitative estimate of drug-likeness (QED) is 0.723. The number of likely N-dealkylation sites (N-methyl/N-ethyl adjacent to an activating group) is 1. The van der Waals surface area contributed by atoms with E-state index in [0.29, 0.717) is 19.7 Å². The first-order valence-electron chi connectivity index (χ1n) is 5.44. The maximum absolute atomic E-state index is 11.1. The van der Waals surface area contributed by atoms with Crippen molar-refractivity contribution >= 4 is 18.3 Å². The normalized spacial score (nSPS) is 9.22. The highest BCUT2D eigenvalue weighted by Gasteiger charge is 1.98. The van der Waals surface area contributed by atoms with E-state index in [1.807, 2.05) is 24.3 Å². The zero-order chi connectivity index (χ0) is 12.5. The lowest BCUT2D eigenvalue weighted by atomic mass is 10.3. The fraction of sp³-hybridized carbons (Fsp3) is 0.417. The Morgan fingerprint density at radius 1 is 1.22 bits per heavy atom. The maximum Gasteiger partial charge on any atom is 0.234 e. The van der Waals surface area contributed by atoms with Crippen LogP contribution in [0.2, 0.25) is 0 Å². The van der Waals surface area contributed by atoms with Crippen LogP contribution in [0.15, 0.2) is 24.3 Å². The van der Waals surface area contributed by atoms with Crippen molar-refractivity contribution in [3.05, 3.63) is 24.3 Å². The molecule has 0 bridgehead atoms. The minimum absolute atomic E-state index is 0. The number of methoxy groups -OCH3 is 1. The minimum atomic E-state index is -0.0363. The first-order valence-corrected chi connectivity index (χ1v) is 5.44. The van der Waals surface area contributed by atoms with Crippen molar-refractivity contribution in [2.24, 2.45) is 0 Å². The van der Waals surface area contributed by atoms with Crippen LogP contribution in [0.4, 0.5) is 0 Å². The molecule has 1 amide bonds. The van der Waals surface area contributed by atoms with Crippen molar-refractivity contribution in [1.29, 1.82) is 0 Å². The molecule has 1 aromatic carbocycles. The highest BCUT2D eigenvalue weighted by molar-refractivity contribution is 5.85. The highest BCUT2D eigenvalue weighted by atomic mass is 35.5. The molecule has 0 aliphatic heterocycles. The minimum Gasteiger partial charge on any atom is -0.497 e. The molecule has 6 heteroatoms. The number of halogens is 1. The molecule has 0 aromatic heterocycles. The number of carbonyl (C=O) groups is 1. The monoisotopic (exact) mass is 274 g/mol. The summed E-state index contributed by atoms with van der Waals surface area (Å²) >= 11 is 0. The molecule has 0 unspecified atom stereocenters.